The number of amides is 1. The minimum absolute atomic E-state index is 0.0685. The quantitative estimate of drug-likeness (QED) is 0.879. The number of hydrogen-bond acceptors (Lipinski definition) is 3. The third kappa shape index (κ3) is 2.81. The number of nitrogens with two attached hydrogens (primary N) is 1. The zero-order chi connectivity index (χ0) is 14.2. The van der Waals surface area contributed by atoms with Crippen LogP contribution in [0, 0.1) is 5.92 Å². The second kappa shape index (κ2) is 4.96. The predicted octanol–water partition coefficient (Wildman–Crippen LogP) is 1.45. The number of carbonyl (C=O) groups is 1. The van der Waals surface area contributed by atoms with Crippen molar-refractivity contribution in [3.63, 3.8) is 0 Å². The van der Waals surface area contributed by atoms with Crippen molar-refractivity contribution in [1.29, 1.82) is 0 Å². The van der Waals surface area contributed by atoms with E-state index in [-0.39, 0.29) is 17.5 Å². The van der Waals surface area contributed by atoms with E-state index in [4.69, 9.17) is 5.73 Å². The fraction of sp³-hybridized carbons (Fsp3) is 0.714. The van der Waals surface area contributed by atoms with Crippen LogP contribution >= 0.6 is 0 Å². The van der Waals surface area contributed by atoms with Crippen LogP contribution in [0.5, 0.6) is 0 Å². The number of nitrogens with zero attached hydrogens (tertiary/aromatic N) is 3. The fourth-order valence-electron chi connectivity index (χ4n) is 2.56. The first-order chi connectivity index (χ1) is 8.82. The second-order valence-corrected chi connectivity index (χ2v) is 6.49. The third-order valence-electron chi connectivity index (χ3n) is 3.77. The summed E-state index contributed by atoms with van der Waals surface area (Å²) in [6.45, 7) is 9.69. The molecule has 2 unspecified atom stereocenters. The molecular weight excluding hydrogens is 240 g/mol. The van der Waals surface area contributed by atoms with Gasteiger partial charge >= 0.3 is 0 Å². The van der Waals surface area contributed by atoms with E-state index in [1.807, 2.05) is 15.8 Å². The van der Waals surface area contributed by atoms with E-state index in [9.17, 15) is 4.79 Å². The maximum Gasteiger partial charge on any atom is 0.257 e. The Labute approximate surface area is 114 Å². The van der Waals surface area contributed by atoms with Gasteiger partial charge in [-0.05, 0) is 46.6 Å². The molecule has 1 saturated heterocycles. The molecule has 1 amide bonds. The minimum Gasteiger partial charge on any atom is -0.336 e. The Balaban J connectivity index is 2.14. The number of hydrogen-bond donors (Lipinski definition) is 1. The van der Waals surface area contributed by atoms with Crippen molar-refractivity contribution in [1.82, 2.24) is 14.7 Å². The molecule has 19 heavy (non-hydrogen) atoms. The van der Waals surface area contributed by atoms with Gasteiger partial charge in [0, 0.05) is 18.8 Å². The van der Waals surface area contributed by atoms with Gasteiger partial charge in [-0.15, -0.1) is 0 Å². The summed E-state index contributed by atoms with van der Waals surface area (Å²) in [5, 5.41) is 4.29. The number of rotatable bonds is 2. The summed E-state index contributed by atoms with van der Waals surface area (Å²) in [7, 11) is 0. The molecule has 0 radical (unpaired) electrons. The highest BCUT2D eigenvalue weighted by Crippen LogP contribution is 2.24. The van der Waals surface area contributed by atoms with Gasteiger partial charge in [-0.3, -0.25) is 9.48 Å². The number of likely N-dealkylation sites (tertiary alicyclic amines) is 1. The molecule has 0 spiro atoms. The summed E-state index contributed by atoms with van der Waals surface area (Å²) in [6, 6.07) is 0.263. The van der Waals surface area contributed by atoms with E-state index in [0.29, 0.717) is 18.0 Å². The van der Waals surface area contributed by atoms with Crippen molar-refractivity contribution in [3.05, 3.63) is 18.0 Å². The van der Waals surface area contributed by atoms with Crippen LogP contribution < -0.4 is 5.73 Å². The summed E-state index contributed by atoms with van der Waals surface area (Å²) < 4.78 is 1.83. The molecule has 2 heterocycles. The van der Waals surface area contributed by atoms with Gasteiger partial charge < -0.3 is 10.6 Å². The number of carbonyl (C=O) groups excluding carboxylic acids is 1. The summed E-state index contributed by atoms with van der Waals surface area (Å²) in [5.41, 5.74) is 6.27. The Morgan fingerprint density at radius 1 is 1.53 bits per heavy atom. The van der Waals surface area contributed by atoms with Crippen molar-refractivity contribution in [2.24, 2.45) is 11.7 Å². The first kappa shape index (κ1) is 14.1. The maximum absolute atomic E-state index is 12.5. The summed E-state index contributed by atoms with van der Waals surface area (Å²) in [6.07, 6.45) is 4.50. The van der Waals surface area contributed by atoms with Gasteiger partial charge in [-0.25, -0.2) is 0 Å². The first-order valence-corrected chi connectivity index (χ1v) is 6.89. The molecule has 1 aromatic heterocycles. The van der Waals surface area contributed by atoms with Crippen LogP contribution in [-0.2, 0) is 5.54 Å². The van der Waals surface area contributed by atoms with Crippen LogP contribution in [0.15, 0.2) is 12.4 Å². The molecule has 2 atom stereocenters. The largest absolute Gasteiger partial charge is 0.336 e. The molecule has 1 aromatic rings. The average molecular weight is 264 g/mol. The molecule has 0 aromatic carbocycles. The topological polar surface area (TPSA) is 64.2 Å². The Bertz CT molecular complexity index is 460. The van der Waals surface area contributed by atoms with Gasteiger partial charge in [0.1, 0.15) is 0 Å². The molecule has 1 fully saturated rings. The highest BCUT2D eigenvalue weighted by Gasteiger charge is 2.32. The van der Waals surface area contributed by atoms with Crippen molar-refractivity contribution in [2.75, 3.05) is 13.1 Å². The molecule has 0 aliphatic carbocycles. The lowest BCUT2D eigenvalue weighted by atomic mass is 10.1. The number of aromatic nitrogens is 2. The lowest BCUT2D eigenvalue weighted by Gasteiger charge is -2.21. The lowest BCUT2D eigenvalue weighted by molar-refractivity contribution is 0.0743. The van der Waals surface area contributed by atoms with E-state index in [1.165, 1.54) is 0 Å². The molecule has 2 N–H and O–H groups in total. The van der Waals surface area contributed by atoms with E-state index in [1.54, 1.807) is 6.20 Å². The minimum atomic E-state index is -0.102. The Hall–Kier alpha value is -1.36. The standard InChI is InChI=1S/C14H24N4O/c1-10-5-11(6-15)8-17(10)13(19)12-7-16-18(9-12)14(2,3)4/h7,9-11H,5-6,8,15H2,1-4H3. The molecular formula is C14H24N4O. The highest BCUT2D eigenvalue weighted by molar-refractivity contribution is 5.94. The summed E-state index contributed by atoms with van der Waals surface area (Å²) >= 11 is 0. The van der Waals surface area contributed by atoms with Crippen molar-refractivity contribution in [2.45, 2.75) is 45.7 Å². The van der Waals surface area contributed by atoms with E-state index < -0.39 is 0 Å². The molecule has 1 aliphatic heterocycles. The molecule has 1 aliphatic rings. The van der Waals surface area contributed by atoms with Crippen LogP contribution in [0.3, 0.4) is 0 Å². The Morgan fingerprint density at radius 2 is 2.21 bits per heavy atom. The van der Waals surface area contributed by atoms with Crippen molar-refractivity contribution in [3.8, 4) is 0 Å². The maximum atomic E-state index is 12.5. The predicted molar refractivity (Wildman–Crippen MR) is 74.9 cm³/mol. The van der Waals surface area contributed by atoms with Crippen LogP contribution in [0.4, 0.5) is 0 Å². The Morgan fingerprint density at radius 3 is 2.68 bits per heavy atom. The van der Waals surface area contributed by atoms with Gasteiger partial charge in [0.05, 0.1) is 17.3 Å². The van der Waals surface area contributed by atoms with Crippen LogP contribution in [-0.4, -0.2) is 39.7 Å². The average Bonchev–Trinajstić information content (AvgIpc) is 2.93. The highest BCUT2D eigenvalue weighted by atomic mass is 16.2. The smallest absolute Gasteiger partial charge is 0.257 e. The molecule has 5 heteroatoms. The van der Waals surface area contributed by atoms with E-state index in [0.717, 1.165) is 13.0 Å². The van der Waals surface area contributed by atoms with Crippen LogP contribution in [0.1, 0.15) is 44.5 Å². The van der Waals surface area contributed by atoms with Crippen LogP contribution in [0.25, 0.3) is 0 Å². The summed E-state index contributed by atoms with van der Waals surface area (Å²) in [4.78, 5) is 14.4. The molecule has 5 nitrogen and oxygen atoms in total. The zero-order valence-electron chi connectivity index (χ0n) is 12.3. The van der Waals surface area contributed by atoms with Gasteiger partial charge in [0.2, 0.25) is 0 Å². The normalized spacial score (nSPS) is 23.9. The summed E-state index contributed by atoms with van der Waals surface area (Å²) in [5.74, 6) is 0.496. The molecule has 0 bridgehead atoms. The van der Waals surface area contributed by atoms with Gasteiger partial charge in [-0.1, -0.05) is 0 Å². The van der Waals surface area contributed by atoms with Gasteiger partial charge in [0.25, 0.3) is 5.91 Å². The van der Waals surface area contributed by atoms with E-state index >= 15 is 0 Å². The molecule has 2 rings (SSSR count). The Kier molecular flexibility index (Phi) is 3.67. The third-order valence-corrected chi connectivity index (χ3v) is 3.77. The first-order valence-electron chi connectivity index (χ1n) is 6.89. The lowest BCUT2D eigenvalue weighted by Crippen LogP contribution is -2.34. The van der Waals surface area contributed by atoms with E-state index in [2.05, 4.69) is 32.8 Å². The van der Waals surface area contributed by atoms with Gasteiger partial charge in [0.15, 0.2) is 0 Å². The fourth-order valence-corrected chi connectivity index (χ4v) is 2.56. The van der Waals surface area contributed by atoms with Crippen molar-refractivity contribution >= 4 is 5.91 Å². The second-order valence-electron chi connectivity index (χ2n) is 6.49. The molecule has 106 valence electrons. The van der Waals surface area contributed by atoms with Crippen molar-refractivity contribution < 1.29 is 4.79 Å². The molecule has 0 saturated carbocycles. The zero-order valence-corrected chi connectivity index (χ0v) is 12.3. The van der Waals surface area contributed by atoms with Crippen LogP contribution in [0.2, 0.25) is 0 Å². The monoisotopic (exact) mass is 264 g/mol. The SMILES string of the molecule is CC1CC(CN)CN1C(=O)c1cnn(C(C)(C)C)c1. The van der Waals surface area contributed by atoms with Gasteiger partial charge in [-0.2, -0.15) is 5.10 Å².